The number of allylic oxidation sites excluding steroid dienone is 4. The van der Waals surface area contributed by atoms with Crippen molar-refractivity contribution in [1.29, 1.82) is 0 Å². The third kappa shape index (κ3) is 4.22. The largest absolute Gasteiger partial charge is 0.494 e. The molecule has 0 saturated heterocycles. The molecule has 1 aliphatic rings. The Balaban J connectivity index is 2.11. The summed E-state index contributed by atoms with van der Waals surface area (Å²) in [4.78, 5) is 0. The zero-order valence-electron chi connectivity index (χ0n) is 17.3. The molecule has 0 aliphatic carbocycles. The maximum Gasteiger partial charge on any atom is 0.261 e. The Morgan fingerprint density at radius 3 is 2.68 bits per heavy atom. The number of rotatable bonds is 7. The second-order valence-electron chi connectivity index (χ2n) is 6.97. The normalized spacial score (nSPS) is 15.0. The Labute approximate surface area is 168 Å². The molecule has 0 saturated carbocycles. The van der Waals surface area contributed by atoms with Crippen molar-refractivity contribution in [1.82, 2.24) is 4.57 Å². The van der Waals surface area contributed by atoms with Gasteiger partial charge in [0, 0.05) is 18.9 Å². The first-order valence-electron chi connectivity index (χ1n) is 10.1. The average Bonchev–Trinajstić information content (AvgIpc) is 2.90. The maximum absolute atomic E-state index is 5.65. The number of methoxy groups -OCH3 is 1. The summed E-state index contributed by atoms with van der Waals surface area (Å²) >= 11 is 0. The van der Waals surface area contributed by atoms with Crippen molar-refractivity contribution in [3.05, 3.63) is 66.9 Å². The average molecular weight is 380 g/mol. The topological polar surface area (TPSA) is 27.3 Å². The highest BCUT2D eigenvalue weighted by atomic mass is 16.5. The molecule has 0 bridgehead atoms. The molecule has 0 radical (unpaired) electrons. The zero-order valence-corrected chi connectivity index (χ0v) is 17.3. The lowest BCUT2D eigenvalue weighted by Crippen LogP contribution is -2.38. The molecule has 0 unspecified atom stereocenters. The molecule has 148 valence electrons. The first kappa shape index (κ1) is 20.0. The van der Waals surface area contributed by atoms with E-state index < -0.39 is 0 Å². The van der Waals surface area contributed by atoms with Gasteiger partial charge in [0.25, 0.3) is 5.82 Å². The molecule has 2 heterocycles. The molecule has 4 nitrogen and oxygen atoms in total. The van der Waals surface area contributed by atoms with Crippen LogP contribution in [0.25, 0.3) is 17.0 Å². The Morgan fingerprint density at radius 1 is 1.21 bits per heavy atom. The van der Waals surface area contributed by atoms with Crippen molar-refractivity contribution in [2.45, 2.75) is 46.1 Å². The summed E-state index contributed by atoms with van der Waals surface area (Å²) in [6.07, 6.45) is 12.6. The predicted molar refractivity (Wildman–Crippen MR) is 114 cm³/mol. The van der Waals surface area contributed by atoms with Crippen LogP contribution in [0.3, 0.4) is 0 Å². The number of fused-ring (bicyclic) bond motifs is 1. The van der Waals surface area contributed by atoms with Crippen LogP contribution in [0, 0.1) is 0 Å². The van der Waals surface area contributed by atoms with E-state index in [1.54, 1.807) is 13.2 Å². The van der Waals surface area contributed by atoms with Crippen LogP contribution < -0.4 is 9.30 Å². The third-order valence-electron chi connectivity index (χ3n) is 5.20. The summed E-state index contributed by atoms with van der Waals surface area (Å²) in [5, 5.41) is 0. The molecule has 0 atom stereocenters. The predicted octanol–water partition coefficient (Wildman–Crippen LogP) is 5.14. The lowest BCUT2D eigenvalue weighted by atomic mass is 10.1. The lowest BCUT2D eigenvalue weighted by molar-refractivity contribution is -0.692. The number of nitrogens with zero attached hydrogens (tertiary/aromatic N) is 2. The van der Waals surface area contributed by atoms with E-state index in [-0.39, 0.29) is 0 Å². The van der Waals surface area contributed by atoms with Crippen molar-refractivity contribution in [2.75, 3.05) is 13.7 Å². The molecule has 1 aromatic heterocycles. The van der Waals surface area contributed by atoms with Gasteiger partial charge in [-0.2, -0.15) is 4.57 Å². The second-order valence-corrected chi connectivity index (χ2v) is 6.97. The molecule has 3 rings (SSSR count). The quantitative estimate of drug-likeness (QED) is 0.378. The maximum atomic E-state index is 5.65. The van der Waals surface area contributed by atoms with Crippen LogP contribution in [0.2, 0.25) is 0 Å². The highest BCUT2D eigenvalue weighted by molar-refractivity contribution is 5.60. The number of ether oxygens (including phenoxy) is 2. The molecular formula is C24H31N2O2+. The zero-order chi connectivity index (χ0) is 19.9. The fourth-order valence-electron chi connectivity index (χ4n) is 3.79. The minimum absolute atomic E-state index is 0.682. The Kier molecular flexibility index (Phi) is 6.75. The van der Waals surface area contributed by atoms with Gasteiger partial charge < -0.3 is 9.47 Å². The summed E-state index contributed by atoms with van der Waals surface area (Å²) in [5.74, 6) is 3.09. The van der Waals surface area contributed by atoms with Gasteiger partial charge in [-0.25, -0.2) is 4.57 Å². The van der Waals surface area contributed by atoms with Gasteiger partial charge in [-0.1, -0.05) is 18.7 Å². The third-order valence-corrected chi connectivity index (χ3v) is 5.20. The SMILES string of the molecule is C=C/C=C\C(OC)=C(/C)n1cc(-c2ccc(OCC)cc2)[n+]2c1CCCCC2. The molecule has 0 amide bonds. The standard InChI is InChI=1S/C24H31N2O2/c1-5-7-11-23(27-4)19(3)26-18-22(25-17-10-8-9-12-24(25)26)20-13-15-21(16-14-20)28-6-2/h5,7,11,13-16,18H,1,6,8-10,12,17H2,2-4H3/q+1/b11-7-,23-19-. The van der Waals surface area contributed by atoms with Gasteiger partial charge in [-0.05, 0) is 56.5 Å². The van der Waals surface area contributed by atoms with Gasteiger partial charge >= 0.3 is 0 Å². The van der Waals surface area contributed by atoms with E-state index in [0.717, 1.165) is 30.2 Å². The molecule has 1 aromatic carbocycles. The van der Waals surface area contributed by atoms with Crippen LogP contribution in [0.1, 0.15) is 38.9 Å². The van der Waals surface area contributed by atoms with Gasteiger partial charge in [-0.3, -0.25) is 0 Å². The van der Waals surface area contributed by atoms with E-state index in [4.69, 9.17) is 9.47 Å². The Morgan fingerprint density at radius 2 is 2.00 bits per heavy atom. The molecule has 0 spiro atoms. The first-order chi connectivity index (χ1) is 13.7. The molecule has 1 aliphatic heterocycles. The van der Waals surface area contributed by atoms with E-state index in [0.29, 0.717) is 6.61 Å². The van der Waals surface area contributed by atoms with E-state index in [1.807, 2.05) is 19.1 Å². The highest BCUT2D eigenvalue weighted by Crippen LogP contribution is 2.26. The number of aromatic nitrogens is 2. The summed E-state index contributed by atoms with van der Waals surface area (Å²) in [6.45, 7) is 9.60. The highest BCUT2D eigenvalue weighted by Gasteiger charge is 2.27. The van der Waals surface area contributed by atoms with Crippen LogP contribution in [0.5, 0.6) is 5.75 Å². The molecule has 0 N–H and O–H groups in total. The van der Waals surface area contributed by atoms with Crippen molar-refractivity contribution in [2.24, 2.45) is 0 Å². The second kappa shape index (κ2) is 9.45. The van der Waals surface area contributed by atoms with Crippen molar-refractivity contribution < 1.29 is 14.0 Å². The summed E-state index contributed by atoms with van der Waals surface area (Å²) in [7, 11) is 1.72. The van der Waals surface area contributed by atoms with Gasteiger partial charge in [-0.15, -0.1) is 0 Å². The van der Waals surface area contributed by atoms with E-state index in [9.17, 15) is 0 Å². The fraction of sp³-hybridized carbons (Fsp3) is 0.375. The van der Waals surface area contributed by atoms with Crippen LogP contribution >= 0.6 is 0 Å². The van der Waals surface area contributed by atoms with Gasteiger partial charge in [0.05, 0.1) is 20.3 Å². The van der Waals surface area contributed by atoms with E-state index >= 15 is 0 Å². The van der Waals surface area contributed by atoms with Gasteiger partial charge in [0.2, 0.25) is 0 Å². The number of hydrogen-bond donors (Lipinski definition) is 0. The minimum Gasteiger partial charge on any atom is -0.494 e. The fourth-order valence-corrected chi connectivity index (χ4v) is 3.79. The molecular weight excluding hydrogens is 348 g/mol. The molecule has 4 heteroatoms. The Hall–Kier alpha value is -2.75. The van der Waals surface area contributed by atoms with Gasteiger partial charge in [0.1, 0.15) is 17.6 Å². The smallest absolute Gasteiger partial charge is 0.261 e. The van der Waals surface area contributed by atoms with Gasteiger partial charge in [0.15, 0.2) is 11.5 Å². The van der Waals surface area contributed by atoms with Crippen LogP contribution in [-0.4, -0.2) is 18.3 Å². The molecule has 2 aromatic rings. The number of hydrogen-bond acceptors (Lipinski definition) is 2. The monoisotopic (exact) mass is 379 g/mol. The van der Waals surface area contributed by atoms with E-state index in [1.165, 1.54) is 36.3 Å². The minimum atomic E-state index is 0.682. The lowest BCUT2D eigenvalue weighted by Gasteiger charge is -2.06. The Bertz CT molecular complexity index is 873. The van der Waals surface area contributed by atoms with Crippen LogP contribution in [0.15, 0.2) is 61.0 Å². The number of imidazole rings is 1. The summed E-state index contributed by atoms with van der Waals surface area (Å²) in [5.41, 5.74) is 3.53. The molecule has 0 fully saturated rings. The van der Waals surface area contributed by atoms with E-state index in [2.05, 4.69) is 53.1 Å². The van der Waals surface area contributed by atoms with Crippen molar-refractivity contribution in [3.8, 4) is 17.0 Å². The molecule has 28 heavy (non-hydrogen) atoms. The summed E-state index contributed by atoms with van der Waals surface area (Å²) in [6, 6.07) is 8.40. The number of benzene rings is 1. The van der Waals surface area contributed by atoms with Crippen LogP contribution in [0.4, 0.5) is 0 Å². The van der Waals surface area contributed by atoms with Crippen molar-refractivity contribution >= 4 is 5.70 Å². The summed E-state index contributed by atoms with van der Waals surface area (Å²) < 4.78 is 16.0. The van der Waals surface area contributed by atoms with Crippen molar-refractivity contribution in [3.63, 3.8) is 0 Å². The van der Waals surface area contributed by atoms with Crippen LogP contribution in [-0.2, 0) is 17.7 Å². The first-order valence-corrected chi connectivity index (χ1v) is 10.1.